The van der Waals surface area contributed by atoms with Crippen molar-refractivity contribution in [1.82, 2.24) is 0 Å². The summed E-state index contributed by atoms with van der Waals surface area (Å²) < 4.78 is 13.6. The molecule has 6 nitrogen and oxygen atoms in total. The molecule has 2 saturated heterocycles. The number of nitrogens with zero attached hydrogens (tertiary/aromatic N) is 2. The molecule has 3 rings (SSSR count). The fraction of sp³-hybridized carbons (Fsp3) is 0.769. The largest absolute Gasteiger partial charge is 0.491 e. The van der Waals surface area contributed by atoms with Crippen LogP contribution in [0.4, 0.5) is 0 Å². The van der Waals surface area contributed by atoms with Crippen molar-refractivity contribution < 1.29 is 28.7 Å². The number of hydrogen-bond acceptors (Lipinski definition) is 4. The van der Waals surface area contributed by atoms with Crippen molar-refractivity contribution in [2.45, 2.75) is 63.6 Å². The van der Waals surface area contributed by atoms with Crippen LogP contribution in [0.5, 0.6) is 11.5 Å². The number of aliphatic hydroxyl groups is 2. The normalized spacial score (nSPS) is 22.9. The van der Waals surface area contributed by atoms with Gasteiger partial charge in [0.25, 0.3) is 0 Å². The predicted octanol–water partition coefficient (Wildman–Crippen LogP) is 3.21. The maximum absolute atomic E-state index is 10.6. The van der Waals surface area contributed by atoms with Crippen LogP contribution < -0.4 is 9.47 Å². The van der Waals surface area contributed by atoms with Gasteiger partial charge >= 0.3 is 0 Å². The van der Waals surface area contributed by atoms with E-state index in [1.165, 1.54) is 51.4 Å². The van der Waals surface area contributed by atoms with Gasteiger partial charge < -0.3 is 28.7 Å². The van der Waals surface area contributed by atoms with E-state index >= 15 is 0 Å². The van der Waals surface area contributed by atoms with Gasteiger partial charge in [0.05, 0.1) is 40.3 Å². The SMILES string of the molecule is C[N+]1(CC(O)COc2cccc(OCC(O)C[N+]3(C)CCCCCC3)c2)CCCCCC1. The molecule has 0 aliphatic carbocycles. The second-order valence-corrected chi connectivity index (χ2v) is 10.7. The molecular weight excluding hydrogens is 404 g/mol. The van der Waals surface area contributed by atoms with Crippen molar-refractivity contribution in [3.63, 3.8) is 0 Å². The number of benzene rings is 1. The van der Waals surface area contributed by atoms with E-state index in [9.17, 15) is 10.2 Å². The molecular formula is C26H46N2O4+2. The van der Waals surface area contributed by atoms with Gasteiger partial charge in [0.15, 0.2) is 0 Å². The van der Waals surface area contributed by atoms with Crippen LogP contribution >= 0.6 is 0 Å². The number of likely N-dealkylation sites (tertiary alicyclic amines) is 2. The maximum Gasteiger partial charge on any atom is 0.137 e. The Hall–Kier alpha value is -1.34. The standard InChI is InChI=1S/C26H46N2O4/c1-27(14-7-3-4-8-15-27)19-23(29)21-31-25-12-11-13-26(18-25)32-22-24(30)20-28(2)16-9-5-6-10-17-28/h11-13,18,23-24,29-30H,3-10,14-17,19-22H2,1-2H3/q+2. The molecule has 2 aliphatic rings. The molecule has 6 heteroatoms. The number of quaternary nitrogens is 2. The molecule has 0 aromatic heterocycles. The van der Waals surface area contributed by atoms with E-state index in [-0.39, 0.29) is 13.2 Å². The molecule has 1 aromatic carbocycles. The second-order valence-electron chi connectivity index (χ2n) is 10.7. The molecule has 0 bridgehead atoms. The Kier molecular flexibility index (Phi) is 9.65. The van der Waals surface area contributed by atoms with Gasteiger partial charge in [-0.3, -0.25) is 0 Å². The quantitative estimate of drug-likeness (QED) is 0.538. The minimum atomic E-state index is -0.484. The van der Waals surface area contributed by atoms with E-state index in [1.54, 1.807) is 0 Å². The number of likely N-dealkylation sites (N-methyl/N-ethyl adjacent to an activating group) is 2. The third-order valence-electron chi connectivity index (χ3n) is 7.29. The zero-order valence-electron chi connectivity index (χ0n) is 20.4. The zero-order chi connectivity index (χ0) is 22.9. The lowest BCUT2D eigenvalue weighted by atomic mass is 10.2. The van der Waals surface area contributed by atoms with Crippen molar-refractivity contribution in [1.29, 1.82) is 0 Å². The summed E-state index contributed by atoms with van der Waals surface area (Å²) >= 11 is 0. The zero-order valence-corrected chi connectivity index (χ0v) is 20.4. The smallest absolute Gasteiger partial charge is 0.137 e. The summed E-state index contributed by atoms with van der Waals surface area (Å²) in [6.07, 6.45) is 9.23. The van der Waals surface area contributed by atoms with Gasteiger partial charge in [-0.25, -0.2) is 0 Å². The topological polar surface area (TPSA) is 58.9 Å². The Morgan fingerprint density at radius 2 is 1.06 bits per heavy atom. The summed E-state index contributed by atoms with van der Waals surface area (Å²) in [4.78, 5) is 0. The summed E-state index contributed by atoms with van der Waals surface area (Å²) in [7, 11) is 4.50. The number of ether oxygens (including phenoxy) is 2. The van der Waals surface area contributed by atoms with Crippen molar-refractivity contribution >= 4 is 0 Å². The van der Waals surface area contributed by atoms with Crippen molar-refractivity contribution in [3.8, 4) is 11.5 Å². The molecule has 182 valence electrons. The Labute approximate surface area is 194 Å². The van der Waals surface area contributed by atoms with E-state index in [2.05, 4.69) is 14.1 Å². The van der Waals surface area contributed by atoms with Crippen molar-refractivity contribution in [2.24, 2.45) is 0 Å². The fourth-order valence-corrected chi connectivity index (χ4v) is 5.43. The molecule has 2 N–H and O–H groups in total. The summed E-state index contributed by atoms with van der Waals surface area (Å²) in [6.45, 7) is 6.60. The highest BCUT2D eigenvalue weighted by Crippen LogP contribution is 2.22. The molecule has 0 radical (unpaired) electrons. The lowest BCUT2D eigenvalue weighted by molar-refractivity contribution is -0.911. The summed E-state index contributed by atoms with van der Waals surface area (Å²) in [6, 6.07) is 7.53. The monoisotopic (exact) mass is 450 g/mol. The number of hydrogen-bond donors (Lipinski definition) is 2. The molecule has 2 fully saturated rings. The highest BCUT2D eigenvalue weighted by molar-refractivity contribution is 5.32. The average Bonchev–Trinajstić information content (AvgIpc) is 3.10. The Morgan fingerprint density at radius 1 is 0.688 bits per heavy atom. The first kappa shape index (κ1) is 25.3. The molecule has 32 heavy (non-hydrogen) atoms. The number of rotatable bonds is 10. The van der Waals surface area contributed by atoms with Gasteiger partial charge in [0.2, 0.25) is 0 Å². The van der Waals surface area contributed by atoms with Crippen LogP contribution in [-0.4, -0.2) is 98.0 Å². The molecule has 2 aliphatic heterocycles. The Morgan fingerprint density at radius 3 is 1.44 bits per heavy atom. The highest BCUT2D eigenvalue weighted by Gasteiger charge is 2.28. The van der Waals surface area contributed by atoms with E-state index in [1.807, 2.05) is 24.3 Å². The molecule has 2 unspecified atom stereocenters. The van der Waals surface area contributed by atoms with E-state index < -0.39 is 12.2 Å². The van der Waals surface area contributed by atoms with Gasteiger partial charge in [-0.05, 0) is 63.5 Å². The fourth-order valence-electron chi connectivity index (χ4n) is 5.43. The minimum Gasteiger partial charge on any atom is -0.491 e. The van der Waals surface area contributed by atoms with Crippen LogP contribution in [0.15, 0.2) is 24.3 Å². The molecule has 0 amide bonds. The van der Waals surface area contributed by atoms with Gasteiger partial charge in [0, 0.05) is 6.07 Å². The highest BCUT2D eigenvalue weighted by atomic mass is 16.5. The van der Waals surface area contributed by atoms with Crippen LogP contribution in [-0.2, 0) is 0 Å². The molecule has 0 spiro atoms. The van der Waals surface area contributed by atoms with Crippen LogP contribution in [0.25, 0.3) is 0 Å². The summed E-state index contributed by atoms with van der Waals surface area (Å²) in [5.74, 6) is 1.39. The summed E-state index contributed by atoms with van der Waals surface area (Å²) in [5.41, 5.74) is 0. The molecule has 2 atom stereocenters. The first-order valence-corrected chi connectivity index (χ1v) is 12.7. The molecule has 0 saturated carbocycles. The molecule has 1 aromatic rings. The Balaban J connectivity index is 1.42. The minimum absolute atomic E-state index is 0.287. The van der Waals surface area contributed by atoms with Gasteiger partial charge in [-0.15, -0.1) is 0 Å². The number of aliphatic hydroxyl groups excluding tert-OH is 2. The third-order valence-corrected chi connectivity index (χ3v) is 7.29. The van der Waals surface area contributed by atoms with E-state index in [0.717, 1.165) is 48.2 Å². The van der Waals surface area contributed by atoms with Crippen LogP contribution in [0.1, 0.15) is 51.4 Å². The second kappa shape index (κ2) is 12.2. The first-order chi connectivity index (χ1) is 15.4. The van der Waals surface area contributed by atoms with Crippen molar-refractivity contribution in [3.05, 3.63) is 24.3 Å². The summed E-state index contributed by atoms with van der Waals surface area (Å²) in [5, 5.41) is 21.1. The van der Waals surface area contributed by atoms with Crippen LogP contribution in [0, 0.1) is 0 Å². The van der Waals surface area contributed by atoms with E-state index in [4.69, 9.17) is 9.47 Å². The lowest BCUT2D eigenvalue weighted by Gasteiger charge is -2.35. The Bertz CT molecular complexity index is 614. The lowest BCUT2D eigenvalue weighted by Crippen LogP contribution is -2.50. The van der Waals surface area contributed by atoms with Crippen molar-refractivity contribution in [2.75, 3.05) is 66.6 Å². The maximum atomic E-state index is 10.6. The predicted molar refractivity (Wildman–Crippen MR) is 128 cm³/mol. The van der Waals surface area contributed by atoms with Crippen LogP contribution in [0.2, 0.25) is 0 Å². The first-order valence-electron chi connectivity index (χ1n) is 12.7. The average molecular weight is 451 g/mol. The van der Waals surface area contributed by atoms with Gasteiger partial charge in [0.1, 0.15) is 50.0 Å². The molecule has 2 heterocycles. The van der Waals surface area contributed by atoms with E-state index in [0.29, 0.717) is 11.5 Å². The van der Waals surface area contributed by atoms with Crippen LogP contribution in [0.3, 0.4) is 0 Å². The third kappa shape index (κ3) is 8.54. The van der Waals surface area contributed by atoms with Gasteiger partial charge in [-0.2, -0.15) is 0 Å². The van der Waals surface area contributed by atoms with Gasteiger partial charge in [-0.1, -0.05) is 6.07 Å².